The molecule has 4 amide bonds. The Kier molecular flexibility index (Phi) is 15.7. The number of rotatable bonds is 18. The highest BCUT2D eigenvalue weighted by atomic mass is 16.4. The summed E-state index contributed by atoms with van der Waals surface area (Å²) in [5.74, 6) is -3.56. The van der Waals surface area contributed by atoms with Gasteiger partial charge in [0.15, 0.2) is 0 Å². The van der Waals surface area contributed by atoms with Crippen LogP contribution in [0.2, 0.25) is 0 Å². The second-order valence-corrected chi connectivity index (χ2v) is 11.2. The molecule has 0 aromatic rings. The summed E-state index contributed by atoms with van der Waals surface area (Å²) in [5.41, 5.74) is 17.2. The zero-order chi connectivity index (χ0) is 30.4. The summed E-state index contributed by atoms with van der Waals surface area (Å²) in [6, 6.07) is -4.61. The lowest BCUT2D eigenvalue weighted by molar-refractivity contribution is -0.150. The summed E-state index contributed by atoms with van der Waals surface area (Å²) >= 11 is 0. The van der Waals surface area contributed by atoms with Crippen LogP contribution in [0.15, 0.2) is 0 Å². The van der Waals surface area contributed by atoms with Gasteiger partial charge in [-0.2, -0.15) is 0 Å². The summed E-state index contributed by atoms with van der Waals surface area (Å²) in [6.45, 7) is 8.27. The Morgan fingerprint density at radius 1 is 0.800 bits per heavy atom. The maximum absolute atomic E-state index is 13.5. The topological polar surface area (TPSA) is 223 Å². The molecule has 40 heavy (non-hydrogen) atoms. The number of likely N-dealkylation sites (tertiary alicyclic amines) is 1. The maximum Gasteiger partial charge on any atom is 0.326 e. The van der Waals surface area contributed by atoms with Crippen LogP contribution in [0.3, 0.4) is 0 Å². The SMILES string of the molecule is CC(C)[C@H](NC(=O)[C@@H](CCCCN)NC(=O)[C@H](CCCCN)NC(=O)[C@H](N)C(C)C)C(=O)N1CCC[C@H]1C(=O)O. The van der Waals surface area contributed by atoms with Crippen molar-refractivity contribution < 1.29 is 29.1 Å². The van der Waals surface area contributed by atoms with Gasteiger partial charge in [-0.05, 0) is 76.3 Å². The number of hydrogen-bond donors (Lipinski definition) is 7. The lowest BCUT2D eigenvalue weighted by Gasteiger charge is -2.31. The van der Waals surface area contributed by atoms with Crippen molar-refractivity contribution in [1.82, 2.24) is 20.9 Å². The number of nitrogens with one attached hydrogen (secondary N) is 3. The van der Waals surface area contributed by atoms with Gasteiger partial charge in [0, 0.05) is 6.54 Å². The van der Waals surface area contributed by atoms with E-state index in [1.165, 1.54) is 4.90 Å². The minimum Gasteiger partial charge on any atom is -0.480 e. The zero-order valence-corrected chi connectivity index (χ0v) is 24.5. The Bertz CT molecular complexity index is 853. The average molecular weight is 570 g/mol. The van der Waals surface area contributed by atoms with Crippen LogP contribution < -0.4 is 33.2 Å². The number of amides is 4. The summed E-state index contributed by atoms with van der Waals surface area (Å²) in [6.07, 6.45) is 3.92. The first-order valence-corrected chi connectivity index (χ1v) is 14.5. The van der Waals surface area contributed by atoms with E-state index in [0.717, 1.165) is 0 Å². The first-order chi connectivity index (χ1) is 18.8. The first-order valence-electron chi connectivity index (χ1n) is 14.5. The second kappa shape index (κ2) is 17.8. The lowest BCUT2D eigenvalue weighted by Crippen LogP contribution is -2.59. The molecule has 1 aliphatic rings. The van der Waals surface area contributed by atoms with Crippen LogP contribution in [0.1, 0.15) is 79.1 Å². The Morgan fingerprint density at radius 3 is 1.75 bits per heavy atom. The van der Waals surface area contributed by atoms with Gasteiger partial charge in [-0.25, -0.2) is 4.79 Å². The monoisotopic (exact) mass is 569 g/mol. The van der Waals surface area contributed by atoms with Gasteiger partial charge in [0.2, 0.25) is 23.6 Å². The van der Waals surface area contributed by atoms with Gasteiger partial charge in [0.1, 0.15) is 24.2 Å². The third-order valence-corrected chi connectivity index (χ3v) is 7.23. The third kappa shape index (κ3) is 11.0. The van der Waals surface area contributed by atoms with Crippen LogP contribution in [0.25, 0.3) is 0 Å². The number of carboxylic acids is 1. The summed E-state index contributed by atoms with van der Waals surface area (Å²) < 4.78 is 0. The fourth-order valence-electron chi connectivity index (χ4n) is 4.60. The van der Waals surface area contributed by atoms with E-state index < -0.39 is 59.8 Å². The van der Waals surface area contributed by atoms with Gasteiger partial charge in [-0.15, -0.1) is 0 Å². The molecule has 1 aliphatic heterocycles. The van der Waals surface area contributed by atoms with Gasteiger partial charge >= 0.3 is 5.97 Å². The molecule has 0 radical (unpaired) electrons. The maximum atomic E-state index is 13.5. The predicted octanol–water partition coefficient (Wildman–Crippen LogP) is -0.586. The van der Waals surface area contributed by atoms with E-state index in [-0.39, 0.29) is 18.3 Å². The summed E-state index contributed by atoms with van der Waals surface area (Å²) in [7, 11) is 0. The van der Waals surface area contributed by atoms with Gasteiger partial charge < -0.3 is 43.2 Å². The smallest absolute Gasteiger partial charge is 0.326 e. The van der Waals surface area contributed by atoms with Gasteiger partial charge in [0.05, 0.1) is 6.04 Å². The highest BCUT2D eigenvalue weighted by molar-refractivity contribution is 5.95. The molecule has 10 N–H and O–H groups in total. The van der Waals surface area contributed by atoms with Gasteiger partial charge in [-0.3, -0.25) is 19.2 Å². The number of unbranched alkanes of at least 4 members (excludes halogenated alkanes) is 2. The van der Waals surface area contributed by atoms with E-state index in [0.29, 0.717) is 64.6 Å². The zero-order valence-electron chi connectivity index (χ0n) is 24.5. The van der Waals surface area contributed by atoms with Crippen LogP contribution in [-0.2, 0) is 24.0 Å². The molecular weight excluding hydrogens is 518 g/mol. The number of carbonyl (C=O) groups excluding carboxylic acids is 4. The number of carboxylic acid groups (broad SMARTS) is 1. The van der Waals surface area contributed by atoms with E-state index in [4.69, 9.17) is 17.2 Å². The number of hydrogen-bond acceptors (Lipinski definition) is 8. The molecule has 1 fully saturated rings. The van der Waals surface area contributed by atoms with Crippen LogP contribution in [0.5, 0.6) is 0 Å². The van der Waals surface area contributed by atoms with Crippen molar-refractivity contribution in [3.05, 3.63) is 0 Å². The molecule has 0 aromatic heterocycles. The van der Waals surface area contributed by atoms with E-state index in [9.17, 15) is 29.1 Å². The number of nitrogens with zero attached hydrogens (tertiary/aromatic N) is 1. The van der Waals surface area contributed by atoms with Crippen molar-refractivity contribution in [2.45, 2.75) is 109 Å². The molecule has 0 spiro atoms. The van der Waals surface area contributed by atoms with Crippen molar-refractivity contribution in [1.29, 1.82) is 0 Å². The largest absolute Gasteiger partial charge is 0.480 e. The van der Waals surface area contributed by atoms with Gasteiger partial charge in [-0.1, -0.05) is 27.7 Å². The number of aliphatic carboxylic acids is 1. The molecule has 1 saturated heterocycles. The van der Waals surface area contributed by atoms with Crippen molar-refractivity contribution in [2.24, 2.45) is 29.0 Å². The number of carbonyl (C=O) groups is 5. The molecule has 0 aromatic carbocycles. The van der Waals surface area contributed by atoms with Crippen LogP contribution in [-0.4, -0.2) is 89.4 Å². The highest BCUT2D eigenvalue weighted by Gasteiger charge is 2.39. The molecule has 0 aliphatic carbocycles. The van der Waals surface area contributed by atoms with Crippen molar-refractivity contribution in [3.8, 4) is 0 Å². The molecule has 230 valence electrons. The van der Waals surface area contributed by atoms with Crippen molar-refractivity contribution in [2.75, 3.05) is 19.6 Å². The second-order valence-electron chi connectivity index (χ2n) is 11.2. The van der Waals surface area contributed by atoms with Crippen LogP contribution in [0.4, 0.5) is 0 Å². The number of nitrogens with two attached hydrogens (primary N) is 3. The Morgan fingerprint density at radius 2 is 1.30 bits per heavy atom. The molecule has 13 heteroatoms. The highest BCUT2D eigenvalue weighted by Crippen LogP contribution is 2.20. The quantitative estimate of drug-likeness (QED) is 0.105. The van der Waals surface area contributed by atoms with E-state index in [1.54, 1.807) is 27.7 Å². The molecule has 5 atom stereocenters. The Balaban J connectivity index is 3.10. The fraction of sp³-hybridized carbons (Fsp3) is 0.815. The molecule has 0 bridgehead atoms. The molecule has 0 saturated carbocycles. The minimum absolute atomic E-state index is 0.135. The summed E-state index contributed by atoms with van der Waals surface area (Å²) in [4.78, 5) is 65.7. The minimum atomic E-state index is -1.08. The molecule has 1 rings (SSSR count). The third-order valence-electron chi connectivity index (χ3n) is 7.23. The van der Waals surface area contributed by atoms with E-state index in [1.807, 2.05) is 0 Å². The molecule has 0 unspecified atom stereocenters. The summed E-state index contributed by atoms with van der Waals surface area (Å²) in [5, 5.41) is 17.7. The first kappa shape index (κ1) is 35.3. The Hall–Kier alpha value is -2.77. The lowest BCUT2D eigenvalue weighted by atomic mass is 10.00. The van der Waals surface area contributed by atoms with Gasteiger partial charge in [0.25, 0.3) is 0 Å². The van der Waals surface area contributed by atoms with Crippen molar-refractivity contribution in [3.63, 3.8) is 0 Å². The van der Waals surface area contributed by atoms with Crippen LogP contribution in [0, 0.1) is 11.8 Å². The average Bonchev–Trinajstić information content (AvgIpc) is 3.40. The normalized spacial score (nSPS) is 18.2. The van der Waals surface area contributed by atoms with Crippen LogP contribution >= 0.6 is 0 Å². The molecule has 13 nitrogen and oxygen atoms in total. The predicted molar refractivity (Wildman–Crippen MR) is 152 cm³/mol. The van der Waals surface area contributed by atoms with E-state index in [2.05, 4.69) is 16.0 Å². The molecular formula is C27H51N7O6. The Labute approximate surface area is 237 Å². The van der Waals surface area contributed by atoms with Crippen molar-refractivity contribution >= 4 is 29.6 Å². The standard InChI is InChI=1S/C27H51N7O6/c1-16(2)21(30)25(37)32-18(10-5-7-13-28)23(35)31-19(11-6-8-14-29)24(36)33-22(17(3)4)26(38)34-15-9-12-20(34)27(39)40/h16-22H,5-15,28-30H2,1-4H3,(H,31,35)(H,32,37)(H,33,36)(H,39,40)/t18-,19+,20-,21+,22-/m0/s1. The molecule has 1 heterocycles. The fourth-order valence-corrected chi connectivity index (χ4v) is 4.60. The van der Waals surface area contributed by atoms with E-state index >= 15 is 0 Å².